The van der Waals surface area contributed by atoms with Gasteiger partial charge in [-0.15, -0.1) is 12.4 Å². The van der Waals surface area contributed by atoms with Crippen LogP contribution in [0.5, 0.6) is 5.75 Å². The molecule has 0 radical (unpaired) electrons. The van der Waals surface area contributed by atoms with Crippen LogP contribution in [0.15, 0.2) is 24.3 Å². The molecule has 1 aromatic rings. The lowest BCUT2D eigenvalue weighted by Gasteiger charge is -2.38. The van der Waals surface area contributed by atoms with E-state index in [1.54, 1.807) is 6.92 Å². The molecule has 1 aliphatic heterocycles. The highest BCUT2D eigenvalue weighted by atomic mass is 35.5. The second-order valence-electron chi connectivity index (χ2n) is 5.45. The molecule has 3 N–H and O–H groups in total. The normalized spacial score (nSPS) is 21.4. The Hall–Kier alpha value is -1.26. The zero-order valence-electron chi connectivity index (χ0n) is 11.5. The van der Waals surface area contributed by atoms with Crippen molar-refractivity contribution in [1.82, 2.24) is 5.32 Å². The van der Waals surface area contributed by atoms with Crippen molar-refractivity contribution < 1.29 is 9.53 Å². The molecular weight excluding hydrogens is 264 g/mol. The number of amides is 1. The van der Waals surface area contributed by atoms with Gasteiger partial charge in [0.1, 0.15) is 11.4 Å². The van der Waals surface area contributed by atoms with Gasteiger partial charge in [-0.3, -0.25) is 4.79 Å². The van der Waals surface area contributed by atoms with Gasteiger partial charge < -0.3 is 15.8 Å². The molecule has 1 aliphatic rings. The maximum atomic E-state index is 11.8. The highest BCUT2D eigenvalue weighted by molar-refractivity contribution is 5.85. The van der Waals surface area contributed by atoms with Gasteiger partial charge in [-0.2, -0.15) is 0 Å². The maximum absolute atomic E-state index is 11.8. The van der Waals surface area contributed by atoms with Gasteiger partial charge >= 0.3 is 0 Å². The fourth-order valence-corrected chi connectivity index (χ4v) is 2.23. The minimum Gasteiger partial charge on any atom is -0.487 e. The Morgan fingerprint density at radius 2 is 2.11 bits per heavy atom. The largest absolute Gasteiger partial charge is 0.487 e. The van der Waals surface area contributed by atoms with Gasteiger partial charge in [0.05, 0.1) is 12.1 Å². The van der Waals surface area contributed by atoms with E-state index in [1.807, 2.05) is 38.1 Å². The summed E-state index contributed by atoms with van der Waals surface area (Å²) in [6.07, 6.45) is 0.739. The van der Waals surface area contributed by atoms with E-state index in [4.69, 9.17) is 10.5 Å². The molecule has 0 saturated heterocycles. The van der Waals surface area contributed by atoms with Crippen LogP contribution >= 0.6 is 12.4 Å². The fraction of sp³-hybridized carbons (Fsp3) is 0.500. The molecule has 0 saturated carbocycles. The molecule has 2 atom stereocenters. The summed E-state index contributed by atoms with van der Waals surface area (Å²) in [5.74, 6) is 0.705. The minimum atomic E-state index is -0.497. The van der Waals surface area contributed by atoms with Crippen molar-refractivity contribution in [2.45, 2.75) is 44.9 Å². The summed E-state index contributed by atoms with van der Waals surface area (Å²) >= 11 is 0. The Labute approximate surface area is 120 Å². The number of benzene rings is 1. The molecule has 19 heavy (non-hydrogen) atoms. The van der Waals surface area contributed by atoms with Crippen molar-refractivity contribution in [3.8, 4) is 5.75 Å². The first-order chi connectivity index (χ1) is 8.39. The van der Waals surface area contributed by atoms with E-state index in [9.17, 15) is 4.79 Å². The van der Waals surface area contributed by atoms with Crippen molar-refractivity contribution in [1.29, 1.82) is 0 Å². The number of nitrogens with one attached hydrogen (secondary N) is 1. The second kappa shape index (κ2) is 5.80. The SMILES string of the molecule is C[C@@H](N)C(=O)NC1CC(C)(C)Oc2ccccc21.Cl. The zero-order valence-corrected chi connectivity index (χ0v) is 12.3. The average molecular weight is 285 g/mol. The van der Waals surface area contributed by atoms with E-state index in [2.05, 4.69) is 5.32 Å². The third-order valence-corrected chi connectivity index (χ3v) is 3.11. The quantitative estimate of drug-likeness (QED) is 0.875. The van der Waals surface area contributed by atoms with Crippen LogP contribution in [-0.2, 0) is 4.79 Å². The number of halogens is 1. The Morgan fingerprint density at radius 1 is 1.47 bits per heavy atom. The van der Waals surface area contributed by atoms with Crippen LogP contribution < -0.4 is 15.8 Å². The number of ether oxygens (including phenoxy) is 1. The lowest BCUT2D eigenvalue weighted by atomic mass is 9.89. The number of hydrogen-bond acceptors (Lipinski definition) is 3. The summed E-state index contributed by atoms with van der Waals surface area (Å²) in [5.41, 5.74) is 6.33. The van der Waals surface area contributed by atoms with Crippen LogP contribution in [0.2, 0.25) is 0 Å². The Bertz CT molecular complexity index is 461. The van der Waals surface area contributed by atoms with Gasteiger partial charge in [0.15, 0.2) is 0 Å². The molecule has 1 unspecified atom stereocenters. The number of carbonyl (C=O) groups is 1. The monoisotopic (exact) mass is 284 g/mol. The van der Waals surface area contributed by atoms with Crippen molar-refractivity contribution in [3.63, 3.8) is 0 Å². The van der Waals surface area contributed by atoms with Crippen LogP contribution in [0.4, 0.5) is 0 Å². The van der Waals surface area contributed by atoms with E-state index >= 15 is 0 Å². The Balaban J connectivity index is 0.00000180. The summed E-state index contributed by atoms with van der Waals surface area (Å²) in [4.78, 5) is 11.8. The first-order valence-corrected chi connectivity index (χ1v) is 6.23. The van der Waals surface area contributed by atoms with Gasteiger partial charge in [0.25, 0.3) is 0 Å². The summed E-state index contributed by atoms with van der Waals surface area (Å²) in [7, 11) is 0. The standard InChI is InChI=1S/C14H20N2O2.ClH/c1-9(15)13(17)16-11-8-14(2,3)18-12-7-5-4-6-10(11)12;/h4-7,9,11H,8,15H2,1-3H3,(H,16,17);1H/t9-,11?;/m1./s1. The number of rotatable bonds is 2. The number of hydrogen-bond donors (Lipinski definition) is 2. The smallest absolute Gasteiger partial charge is 0.237 e. The van der Waals surface area contributed by atoms with E-state index in [0.29, 0.717) is 0 Å². The predicted molar refractivity (Wildman–Crippen MR) is 77.5 cm³/mol. The number of para-hydroxylation sites is 1. The van der Waals surface area contributed by atoms with Crippen LogP contribution in [-0.4, -0.2) is 17.6 Å². The topological polar surface area (TPSA) is 64.4 Å². The zero-order chi connectivity index (χ0) is 13.3. The molecule has 4 nitrogen and oxygen atoms in total. The van der Waals surface area contributed by atoms with Crippen LogP contribution in [0, 0.1) is 0 Å². The molecule has 1 heterocycles. The molecule has 5 heteroatoms. The summed E-state index contributed by atoms with van der Waals surface area (Å²) < 4.78 is 5.91. The minimum absolute atomic E-state index is 0. The summed E-state index contributed by atoms with van der Waals surface area (Å²) in [5, 5.41) is 2.99. The van der Waals surface area contributed by atoms with Crippen molar-refractivity contribution >= 4 is 18.3 Å². The second-order valence-corrected chi connectivity index (χ2v) is 5.45. The van der Waals surface area contributed by atoms with Crippen molar-refractivity contribution in [2.75, 3.05) is 0 Å². The molecule has 1 aromatic carbocycles. The first kappa shape index (κ1) is 15.8. The van der Waals surface area contributed by atoms with E-state index in [1.165, 1.54) is 0 Å². The lowest BCUT2D eigenvalue weighted by Crippen LogP contribution is -2.45. The summed E-state index contributed by atoms with van der Waals surface area (Å²) in [6, 6.07) is 7.26. The lowest BCUT2D eigenvalue weighted by molar-refractivity contribution is -0.123. The molecule has 0 aliphatic carbocycles. The molecule has 0 aromatic heterocycles. The van der Waals surface area contributed by atoms with Gasteiger partial charge in [-0.25, -0.2) is 0 Å². The van der Waals surface area contributed by atoms with E-state index in [-0.39, 0.29) is 30.0 Å². The third-order valence-electron chi connectivity index (χ3n) is 3.11. The first-order valence-electron chi connectivity index (χ1n) is 6.23. The molecular formula is C14H21ClN2O2. The Morgan fingerprint density at radius 3 is 2.74 bits per heavy atom. The van der Waals surface area contributed by atoms with Crippen LogP contribution in [0.3, 0.4) is 0 Å². The third kappa shape index (κ3) is 3.61. The van der Waals surface area contributed by atoms with E-state index < -0.39 is 6.04 Å². The van der Waals surface area contributed by atoms with E-state index in [0.717, 1.165) is 17.7 Å². The molecule has 0 fully saturated rings. The van der Waals surface area contributed by atoms with Crippen LogP contribution in [0.25, 0.3) is 0 Å². The van der Waals surface area contributed by atoms with Gasteiger partial charge in [0.2, 0.25) is 5.91 Å². The highest BCUT2D eigenvalue weighted by Crippen LogP contribution is 2.39. The predicted octanol–water partition coefficient (Wildman–Crippen LogP) is 2.17. The van der Waals surface area contributed by atoms with Gasteiger partial charge in [-0.05, 0) is 26.8 Å². The maximum Gasteiger partial charge on any atom is 0.237 e. The summed E-state index contributed by atoms with van der Waals surface area (Å²) in [6.45, 7) is 5.73. The highest BCUT2D eigenvalue weighted by Gasteiger charge is 2.34. The molecule has 2 rings (SSSR count). The number of carbonyl (C=O) groups excluding carboxylic acids is 1. The molecule has 0 bridgehead atoms. The van der Waals surface area contributed by atoms with Crippen molar-refractivity contribution in [3.05, 3.63) is 29.8 Å². The molecule has 0 spiro atoms. The van der Waals surface area contributed by atoms with Crippen LogP contribution in [0.1, 0.15) is 38.8 Å². The van der Waals surface area contributed by atoms with Gasteiger partial charge in [0, 0.05) is 12.0 Å². The average Bonchev–Trinajstić information content (AvgIpc) is 2.27. The Kier molecular flexibility index (Phi) is 4.82. The number of fused-ring (bicyclic) bond motifs is 1. The fourth-order valence-electron chi connectivity index (χ4n) is 2.23. The molecule has 106 valence electrons. The molecule has 1 amide bonds. The van der Waals surface area contributed by atoms with Crippen molar-refractivity contribution in [2.24, 2.45) is 5.73 Å². The number of nitrogens with two attached hydrogens (primary N) is 1. The van der Waals surface area contributed by atoms with Gasteiger partial charge in [-0.1, -0.05) is 18.2 Å².